The van der Waals surface area contributed by atoms with Crippen LogP contribution in [0.25, 0.3) is 0 Å². The third kappa shape index (κ3) is 3.24. The van der Waals surface area contributed by atoms with Crippen LogP contribution in [0.2, 0.25) is 0 Å². The minimum absolute atomic E-state index is 0.399. The van der Waals surface area contributed by atoms with Crippen molar-refractivity contribution in [3.63, 3.8) is 0 Å². The van der Waals surface area contributed by atoms with Gasteiger partial charge in [-0.05, 0) is 23.6 Å². The fraction of sp³-hybridized carbons (Fsp3) is 0.368. The largest absolute Gasteiger partial charge is 0.337 e. The van der Waals surface area contributed by atoms with E-state index in [-0.39, 0.29) is 0 Å². The summed E-state index contributed by atoms with van der Waals surface area (Å²) in [6, 6.07) is 9.87. The lowest BCUT2D eigenvalue weighted by atomic mass is 10.00. The van der Waals surface area contributed by atoms with Crippen molar-refractivity contribution < 1.29 is 9.59 Å². The summed E-state index contributed by atoms with van der Waals surface area (Å²) in [7, 11) is 0. The fourth-order valence-corrected chi connectivity index (χ4v) is 3.50. The average molecular weight is 351 g/mol. The minimum atomic E-state index is -0.405. The van der Waals surface area contributed by atoms with Crippen LogP contribution >= 0.6 is 0 Å². The van der Waals surface area contributed by atoms with E-state index in [1.165, 1.54) is 5.56 Å². The van der Waals surface area contributed by atoms with E-state index in [4.69, 9.17) is 0 Å². The normalized spacial score (nSPS) is 17.0. The summed E-state index contributed by atoms with van der Waals surface area (Å²) in [6.07, 6.45) is 4.21. The van der Waals surface area contributed by atoms with E-state index in [1.54, 1.807) is 28.3 Å². The Balaban J connectivity index is 1.36. The van der Waals surface area contributed by atoms with Gasteiger partial charge in [0.1, 0.15) is 0 Å². The Kier molecular flexibility index (Phi) is 4.51. The predicted molar refractivity (Wildman–Crippen MR) is 96.4 cm³/mol. The van der Waals surface area contributed by atoms with Crippen molar-refractivity contribution in [1.29, 1.82) is 0 Å². The van der Waals surface area contributed by atoms with Crippen LogP contribution in [0.1, 0.15) is 11.1 Å². The molecule has 0 unspecified atom stereocenters. The molecule has 1 aromatic heterocycles. The summed E-state index contributed by atoms with van der Waals surface area (Å²) in [5, 5.41) is 0. The molecule has 134 valence electrons. The minimum Gasteiger partial charge on any atom is -0.337 e. The molecule has 0 aliphatic carbocycles. The number of aromatic nitrogens is 2. The molecule has 1 fully saturated rings. The quantitative estimate of drug-likeness (QED) is 0.708. The molecule has 3 heterocycles. The molecule has 1 saturated heterocycles. The lowest BCUT2D eigenvalue weighted by Crippen LogP contribution is -2.54. The molecule has 0 atom stereocenters. The molecule has 26 heavy (non-hydrogen) atoms. The van der Waals surface area contributed by atoms with Gasteiger partial charge in [-0.25, -0.2) is 9.97 Å². The van der Waals surface area contributed by atoms with E-state index < -0.39 is 11.8 Å². The van der Waals surface area contributed by atoms with Crippen LogP contribution in [0.4, 0.5) is 5.95 Å². The molecule has 7 nitrogen and oxygen atoms in total. The molecule has 4 rings (SSSR count). The number of fused-ring (bicyclic) bond motifs is 1. The highest BCUT2D eigenvalue weighted by Crippen LogP contribution is 2.19. The van der Waals surface area contributed by atoms with Gasteiger partial charge in [0.2, 0.25) is 5.95 Å². The molecule has 0 saturated carbocycles. The molecule has 7 heteroatoms. The zero-order valence-electron chi connectivity index (χ0n) is 14.5. The maximum absolute atomic E-state index is 12.7. The number of anilines is 1. The summed E-state index contributed by atoms with van der Waals surface area (Å²) in [5.74, 6) is -0.138. The average Bonchev–Trinajstić information content (AvgIpc) is 2.73. The second-order valence-corrected chi connectivity index (χ2v) is 6.57. The highest BCUT2D eigenvalue weighted by atomic mass is 16.2. The molecule has 0 radical (unpaired) electrons. The smallest absolute Gasteiger partial charge is 0.312 e. The van der Waals surface area contributed by atoms with Crippen molar-refractivity contribution in [1.82, 2.24) is 19.8 Å². The van der Waals surface area contributed by atoms with Crippen molar-refractivity contribution >= 4 is 17.8 Å². The van der Waals surface area contributed by atoms with Gasteiger partial charge in [-0.15, -0.1) is 0 Å². The van der Waals surface area contributed by atoms with Crippen LogP contribution in [0.3, 0.4) is 0 Å². The summed E-state index contributed by atoms with van der Waals surface area (Å²) < 4.78 is 0. The zero-order valence-corrected chi connectivity index (χ0v) is 14.5. The number of hydrogen-bond acceptors (Lipinski definition) is 5. The monoisotopic (exact) mass is 351 g/mol. The first-order valence-electron chi connectivity index (χ1n) is 8.89. The molecule has 2 aliphatic rings. The van der Waals surface area contributed by atoms with Crippen molar-refractivity contribution in [2.75, 3.05) is 37.6 Å². The Morgan fingerprint density at radius 3 is 2.15 bits per heavy atom. The third-order valence-electron chi connectivity index (χ3n) is 5.00. The van der Waals surface area contributed by atoms with E-state index in [1.807, 2.05) is 23.1 Å². The van der Waals surface area contributed by atoms with Crippen LogP contribution in [0.5, 0.6) is 0 Å². The van der Waals surface area contributed by atoms with Crippen LogP contribution in [-0.2, 0) is 22.6 Å². The van der Waals surface area contributed by atoms with E-state index in [9.17, 15) is 9.59 Å². The third-order valence-corrected chi connectivity index (χ3v) is 5.00. The Morgan fingerprint density at radius 1 is 0.769 bits per heavy atom. The predicted octanol–water partition coefficient (Wildman–Crippen LogP) is 0.710. The summed E-state index contributed by atoms with van der Waals surface area (Å²) in [6.45, 7) is 3.39. The number of nitrogens with zero attached hydrogens (tertiary/aromatic N) is 5. The van der Waals surface area contributed by atoms with Gasteiger partial charge < -0.3 is 14.7 Å². The van der Waals surface area contributed by atoms with Gasteiger partial charge in [0.05, 0.1) is 0 Å². The second kappa shape index (κ2) is 7.11. The van der Waals surface area contributed by atoms with E-state index in [0.29, 0.717) is 45.2 Å². The van der Waals surface area contributed by atoms with Crippen LogP contribution in [0, 0.1) is 0 Å². The van der Waals surface area contributed by atoms with Gasteiger partial charge in [-0.2, -0.15) is 0 Å². The van der Waals surface area contributed by atoms with Gasteiger partial charge in [-0.3, -0.25) is 9.59 Å². The molecule has 2 aliphatic heterocycles. The Hall–Kier alpha value is -2.96. The number of carbonyl (C=O) groups is 2. The molecule has 2 amide bonds. The second-order valence-electron chi connectivity index (χ2n) is 6.57. The summed E-state index contributed by atoms with van der Waals surface area (Å²) in [4.78, 5) is 39.1. The molecular formula is C19H21N5O2. The summed E-state index contributed by atoms with van der Waals surface area (Å²) in [5.41, 5.74) is 2.39. The maximum atomic E-state index is 12.7. The van der Waals surface area contributed by atoms with E-state index in [0.717, 1.165) is 12.0 Å². The number of rotatable bonds is 1. The highest BCUT2D eigenvalue weighted by molar-refractivity contribution is 6.34. The number of hydrogen-bond donors (Lipinski definition) is 0. The van der Waals surface area contributed by atoms with Crippen LogP contribution in [-0.4, -0.2) is 64.3 Å². The first-order chi connectivity index (χ1) is 12.7. The fourth-order valence-electron chi connectivity index (χ4n) is 3.50. The number of piperazine rings is 1. The Morgan fingerprint density at radius 2 is 1.42 bits per heavy atom. The molecule has 1 aromatic carbocycles. The van der Waals surface area contributed by atoms with Crippen molar-refractivity contribution in [3.8, 4) is 0 Å². The SMILES string of the molecule is O=C(C(=O)N1CCc2ccccc2C1)N1CCN(c2ncccn2)CC1. The molecule has 0 N–H and O–H groups in total. The number of amides is 2. The molecule has 0 spiro atoms. The van der Waals surface area contributed by atoms with E-state index >= 15 is 0 Å². The molecule has 0 bridgehead atoms. The Bertz CT molecular complexity index is 803. The standard InChI is InChI=1S/C19H21N5O2/c25-17(18(26)24-9-6-15-4-1-2-5-16(15)14-24)22-10-12-23(13-11-22)19-20-7-3-8-21-19/h1-5,7-8H,6,9-14H2. The zero-order chi connectivity index (χ0) is 17.9. The van der Waals surface area contributed by atoms with Gasteiger partial charge in [-0.1, -0.05) is 24.3 Å². The van der Waals surface area contributed by atoms with Crippen molar-refractivity contribution in [3.05, 3.63) is 53.9 Å². The van der Waals surface area contributed by atoms with Crippen LogP contribution < -0.4 is 4.90 Å². The highest BCUT2D eigenvalue weighted by Gasteiger charge is 2.31. The first kappa shape index (κ1) is 16.5. The van der Waals surface area contributed by atoms with Gasteiger partial charge in [0, 0.05) is 51.7 Å². The van der Waals surface area contributed by atoms with E-state index in [2.05, 4.69) is 16.0 Å². The molecule has 2 aromatic rings. The van der Waals surface area contributed by atoms with Crippen LogP contribution in [0.15, 0.2) is 42.7 Å². The Labute approximate surface area is 152 Å². The molecular weight excluding hydrogens is 330 g/mol. The number of carbonyl (C=O) groups excluding carboxylic acids is 2. The lowest BCUT2D eigenvalue weighted by Gasteiger charge is -2.36. The van der Waals surface area contributed by atoms with Gasteiger partial charge in [0.15, 0.2) is 0 Å². The lowest BCUT2D eigenvalue weighted by molar-refractivity contribution is -0.152. The first-order valence-corrected chi connectivity index (χ1v) is 8.89. The number of benzene rings is 1. The van der Waals surface area contributed by atoms with Crippen molar-refractivity contribution in [2.24, 2.45) is 0 Å². The van der Waals surface area contributed by atoms with Crippen molar-refractivity contribution in [2.45, 2.75) is 13.0 Å². The maximum Gasteiger partial charge on any atom is 0.312 e. The van der Waals surface area contributed by atoms with Gasteiger partial charge in [0.25, 0.3) is 0 Å². The topological polar surface area (TPSA) is 69.6 Å². The summed E-state index contributed by atoms with van der Waals surface area (Å²) >= 11 is 0. The van der Waals surface area contributed by atoms with Gasteiger partial charge >= 0.3 is 11.8 Å².